The van der Waals surface area contributed by atoms with Crippen LogP contribution in [0.25, 0.3) is 0 Å². The fourth-order valence-corrected chi connectivity index (χ4v) is 1.82. The smallest absolute Gasteiger partial charge is 0.239 e. The highest BCUT2D eigenvalue weighted by atomic mass is 16.5. The number of likely N-dealkylation sites (N-methyl/N-ethyl adjacent to an activating group) is 1. The maximum atomic E-state index is 11.8. The van der Waals surface area contributed by atoms with Gasteiger partial charge in [-0.25, -0.2) is 0 Å². The van der Waals surface area contributed by atoms with Gasteiger partial charge < -0.3 is 20.7 Å². The molecular formula is C14H23N3O2. The molecule has 0 aliphatic heterocycles. The summed E-state index contributed by atoms with van der Waals surface area (Å²) in [5, 5.41) is 2.88. The molecule has 1 aromatic carbocycles. The fourth-order valence-electron chi connectivity index (χ4n) is 1.82. The van der Waals surface area contributed by atoms with Gasteiger partial charge in [-0.2, -0.15) is 0 Å². The lowest BCUT2D eigenvalue weighted by Crippen LogP contribution is -2.40. The quantitative estimate of drug-likeness (QED) is 0.767. The Labute approximate surface area is 114 Å². The minimum Gasteiger partial charge on any atom is -0.495 e. The zero-order valence-electron chi connectivity index (χ0n) is 12.1. The predicted octanol–water partition coefficient (Wildman–Crippen LogP) is 1.63. The summed E-state index contributed by atoms with van der Waals surface area (Å²) in [7, 11) is 1.58. The molecule has 0 saturated carbocycles. The summed E-state index contributed by atoms with van der Waals surface area (Å²) in [6.07, 6.45) is 0. The molecule has 0 bridgehead atoms. The van der Waals surface area contributed by atoms with Crippen LogP contribution in [-0.4, -0.2) is 32.1 Å². The Morgan fingerprint density at radius 2 is 2.16 bits per heavy atom. The number of amides is 1. The Morgan fingerprint density at radius 1 is 1.47 bits per heavy atom. The van der Waals surface area contributed by atoms with Crippen molar-refractivity contribution in [2.75, 3.05) is 30.8 Å². The average molecular weight is 265 g/mol. The van der Waals surface area contributed by atoms with Crippen LogP contribution in [0, 0.1) is 0 Å². The Hall–Kier alpha value is -1.91. The molecule has 1 amide bonds. The maximum Gasteiger partial charge on any atom is 0.239 e. The lowest BCUT2D eigenvalue weighted by atomic mass is 10.2. The summed E-state index contributed by atoms with van der Waals surface area (Å²) < 4.78 is 5.20. The number of hydrogen-bond donors (Lipinski definition) is 2. The molecule has 1 aromatic rings. The van der Waals surface area contributed by atoms with Crippen molar-refractivity contribution < 1.29 is 9.53 Å². The molecule has 0 saturated heterocycles. The standard InChI is InChI=1S/C14H23N3O2/c1-5-17(9-14(18)16-10(2)3)11-6-7-12(15)13(8-11)19-4/h6-8,10H,5,9,15H2,1-4H3,(H,16,18). The lowest BCUT2D eigenvalue weighted by molar-refractivity contribution is -0.120. The van der Waals surface area contributed by atoms with Gasteiger partial charge in [0.2, 0.25) is 5.91 Å². The van der Waals surface area contributed by atoms with Crippen molar-refractivity contribution in [3.63, 3.8) is 0 Å². The highest BCUT2D eigenvalue weighted by Gasteiger charge is 2.12. The summed E-state index contributed by atoms with van der Waals surface area (Å²) in [5.41, 5.74) is 7.30. The molecule has 0 unspecified atom stereocenters. The molecule has 19 heavy (non-hydrogen) atoms. The Bertz CT molecular complexity index is 433. The van der Waals surface area contributed by atoms with Crippen LogP contribution in [0.1, 0.15) is 20.8 Å². The molecular weight excluding hydrogens is 242 g/mol. The van der Waals surface area contributed by atoms with E-state index in [0.717, 1.165) is 12.2 Å². The van der Waals surface area contributed by atoms with Gasteiger partial charge in [0.1, 0.15) is 5.75 Å². The van der Waals surface area contributed by atoms with Gasteiger partial charge in [0, 0.05) is 24.3 Å². The molecule has 3 N–H and O–H groups in total. The van der Waals surface area contributed by atoms with E-state index < -0.39 is 0 Å². The number of carbonyl (C=O) groups excluding carboxylic acids is 1. The van der Waals surface area contributed by atoms with Gasteiger partial charge >= 0.3 is 0 Å². The number of nitrogen functional groups attached to an aromatic ring is 1. The number of rotatable bonds is 6. The van der Waals surface area contributed by atoms with E-state index in [-0.39, 0.29) is 11.9 Å². The van der Waals surface area contributed by atoms with Crippen molar-refractivity contribution in [2.24, 2.45) is 0 Å². The van der Waals surface area contributed by atoms with Gasteiger partial charge in [-0.15, -0.1) is 0 Å². The SMILES string of the molecule is CCN(CC(=O)NC(C)C)c1ccc(N)c(OC)c1. The van der Waals surface area contributed by atoms with E-state index in [0.29, 0.717) is 18.0 Å². The van der Waals surface area contributed by atoms with E-state index in [1.165, 1.54) is 0 Å². The molecule has 106 valence electrons. The second kappa shape index (κ2) is 6.87. The Kier molecular flexibility index (Phi) is 5.48. The first-order valence-corrected chi connectivity index (χ1v) is 6.45. The largest absolute Gasteiger partial charge is 0.495 e. The Morgan fingerprint density at radius 3 is 2.68 bits per heavy atom. The number of benzene rings is 1. The monoisotopic (exact) mass is 265 g/mol. The number of nitrogens with one attached hydrogen (secondary N) is 1. The summed E-state index contributed by atoms with van der Waals surface area (Å²) in [4.78, 5) is 13.8. The van der Waals surface area contributed by atoms with Crippen molar-refractivity contribution >= 4 is 17.3 Å². The van der Waals surface area contributed by atoms with Crippen LogP contribution in [0.5, 0.6) is 5.75 Å². The third kappa shape index (κ3) is 4.35. The molecule has 5 nitrogen and oxygen atoms in total. The molecule has 0 heterocycles. The fraction of sp³-hybridized carbons (Fsp3) is 0.500. The van der Waals surface area contributed by atoms with E-state index in [9.17, 15) is 4.79 Å². The zero-order valence-corrected chi connectivity index (χ0v) is 12.1. The van der Waals surface area contributed by atoms with Gasteiger partial charge in [0.05, 0.1) is 19.3 Å². The number of nitrogens with zero attached hydrogens (tertiary/aromatic N) is 1. The molecule has 0 atom stereocenters. The molecule has 0 spiro atoms. The maximum absolute atomic E-state index is 11.8. The first kappa shape index (κ1) is 15.1. The first-order chi connectivity index (χ1) is 8.97. The van der Waals surface area contributed by atoms with Gasteiger partial charge in [-0.1, -0.05) is 0 Å². The van der Waals surface area contributed by atoms with Crippen LogP contribution in [0.3, 0.4) is 0 Å². The van der Waals surface area contributed by atoms with Crippen molar-refractivity contribution in [1.82, 2.24) is 5.32 Å². The van der Waals surface area contributed by atoms with E-state index in [2.05, 4.69) is 5.32 Å². The van der Waals surface area contributed by atoms with Crippen LogP contribution >= 0.6 is 0 Å². The molecule has 0 aliphatic carbocycles. The third-order valence-electron chi connectivity index (χ3n) is 2.75. The van der Waals surface area contributed by atoms with Crippen LogP contribution in [0.2, 0.25) is 0 Å². The topological polar surface area (TPSA) is 67.6 Å². The predicted molar refractivity (Wildman–Crippen MR) is 78.6 cm³/mol. The molecule has 0 radical (unpaired) electrons. The summed E-state index contributed by atoms with van der Waals surface area (Å²) in [6.45, 7) is 6.95. The first-order valence-electron chi connectivity index (χ1n) is 6.45. The van der Waals surface area contributed by atoms with Gasteiger partial charge in [0.25, 0.3) is 0 Å². The van der Waals surface area contributed by atoms with Gasteiger partial charge in [-0.3, -0.25) is 4.79 Å². The highest BCUT2D eigenvalue weighted by molar-refractivity contribution is 5.81. The van der Waals surface area contributed by atoms with Crippen LogP contribution in [0.4, 0.5) is 11.4 Å². The lowest BCUT2D eigenvalue weighted by Gasteiger charge is -2.24. The summed E-state index contributed by atoms with van der Waals surface area (Å²) in [5.74, 6) is 0.632. The average Bonchev–Trinajstić information content (AvgIpc) is 2.36. The molecule has 0 fully saturated rings. The minimum absolute atomic E-state index is 0.00708. The van der Waals surface area contributed by atoms with Crippen LogP contribution < -0.4 is 20.7 Å². The van der Waals surface area contributed by atoms with Crippen LogP contribution in [0.15, 0.2) is 18.2 Å². The van der Waals surface area contributed by atoms with Crippen molar-refractivity contribution in [2.45, 2.75) is 26.8 Å². The van der Waals surface area contributed by atoms with Gasteiger partial charge in [0.15, 0.2) is 0 Å². The number of hydrogen-bond acceptors (Lipinski definition) is 4. The molecule has 5 heteroatoms. The number of carbonyl (C=O) groups is 1. The van der Waals surface area contributed by atoms with Crippen molar-refractivity contribution in [1.29, 1.82) is 0 Å². The Balaban J connectivity index is 2.82. The number of nitrogens with two attached hydrogens (primary N) is 1. The van der Waals surface area contributed by atoms with E-state index in [1.54, 1.807) is 13.2 Å². The normalized spacial score (nSPS) is 10.4. The van der Waals surface area contributed by atoms with E-state index in [4.69, 9.17) is 10.5 Å². The van der Waals surface area contributed by atoms with Crippen LogP contribution in [-0.2, 0) is 4.79 Å². The van der Waals surface area contributed by atoms with Gasteiger partial charge in [-0.05, 0) is 32.9 Å². The second-order valence-electron chi connectivity index (χ2n) is 4.66. The highest BCUT2D eigenvalue weighted by Crippen LogP contribution is 2.27. The van der Waals surface area contributed by atoms with Crippen molar-refractivity contribution in [3.05, 3.63) is 18.2 Å². The number of methoxy groups -OCH3 is 1. The van der Waals surface area contributed by atoms with E-state index >= 15 is 0 Å². The molecule has 0 aromatic heterocycles. The molecule has 1 rings (SSSR count). The van der Waals surface area contributed by atoms with Crippen molar-refractivity contribution in [3.8, 4) is 5.75 Å². The summed E-state index contributed by atoms with van der Waals surface area (Å²) in [6, 6.07) is 5.68. The number of anilines is 2. The van der Waals surface area contributed by atoms with E-state index in [1.807, 2.05) is 37.8 Å². The third-order valence-corrected chi connectivity index (χ3v) is 2.75. The molecule has 0 aliphatic rings. The minimum atomic E-state index is 0.00708. The zero-order chi connectivity index (χ0) is 14.4. The number of ether oxygens (including phenoxy) is 1. The second-order valence-corrected chi connectivity index (χ2v) is 4.66. The summed E-state index contributed by atoms with van der Waals surface area (Å²) >= 11 is 0.